The topological polar surface area (TPSA) is 64.7 Å². The Morgan fingerprint density at radius 1 is 1.21 bits per heavy atom. The van der Waals surface area contributed by atoms with E-state index in [1.807, 2.05) is 24.3 Å². The van der Waals surface area contributed by atoms with Gasteiger partial charge in [-0.25, -0.2) is 0 Å². The van der Waals surface area contributed by atoms with Gasteiger partial charge in [0.2, 0.25) is 0 Å². The van der Waals surface area contributed by atoms with Gasteiger partial charge in [-0.05, 0) is 35.9 Å². The maximum atomic E-state index is 10.6. The molecule has 2 rings (SSSR count). The van der Waals surface area contributed by atoms with Gasteiger partial charge in [-0.3, -0.25) is 15.1 Å². The summed E-state index contributed by atoms with van der Waals surface area (Å²) < 4.78 is 5.05. The Balaban J connectivity index is 2.17. The van der Waals surface area contributed by atoms with E-state index in [9.17, 15) is 10.1 Å². The molecule has 0 amide bonds. The molecule has 5 nitrogen and oxygen atoms in total. The van der Waals surface area contributed by atoms with Crippen molar-refractivity contribution >= 4 is 17.6 Å². The number of hydrogen-bond acceptors (Lipinski definition) is 4. The molecule has 0 aliphatic heterocycles. The SMILES string of the molecule is COc1ccc(C=Nc2cccc([N+](=O)[O-])c2)cc1. The van der Waals surface area contributed by atoms with Gasteiger partial charge in [-0.2, -0.15) is 0 Å². The van der Waals surface area contributed by atoms with E-state index in [0.29, 0.717) is 5.69 Å². The molecule has 0 aliphatic carbocycles. The van der Waals surface area contributed by atoms with Gasteiger partial charge in [-0.1, -0.05) is 6.07 Å². The summed E-state index contributed by atoms with van der Waals surface area (Å²) in [6.45, 7) is 0. The van der Waals surface area contributed by atoms with Gasteiger partial charge in [0.25, 0.3) is 5.69 Å². The zero-order valence-corrected chi connectivity index (χ0v) is 10.3. The molecule has 0 fully saturated rings. The number of nitrogens with zero attached hydrogens (tertiary/aromatic N) is 2. The summed E-state index contributed by atoms with van der Waals surface area (Å²) >= 11 is 0. The molecule has 0 aromatic heterocycles. The van der Waals surface area contributed by atoms with Crippen molar-refractivity contribution in [2.75, 3.05) is 7.11 Å². The van der Waals surface area contributed by atoms with Crippen molar-refractivity contribution in [2.45, 2.75) is 0 Å². The molecule has 0 aliphatic rings. The van der Waals surface area contributed by atoms with Crippen molar-refractivity contribution in [2.24, 2.45) is 4.99 Å². The fourth-order valence-electron chi connectivity index (χ4n) is 1.53. The molecule has 19 heavy (non-hydrogen) atoms. The van der Waals surface area contributed by atoms with E-state index in [4.69, 9.17) is 4.74 Å². The van der Waals surface area contributed by atoms with Gasteiger partial charge in [-0.15, -0.1) is 0 Å². The molecule has 0 saturated carbocycles. The maximum absolute atomic E-state index is 10.6. The largest absolute Gasteiger partial charge is 0.497 e. The van der Waals surface area contributed by atoms with E-state index in [1.54, 1.807) is 25.5 Å². The number of benzene rings is 2. The first-order valence-corrected chi connectivity index (χ1v) is 5.61. The molecule has 0 saturated heterocycles. The minimum Gasteiger partial charge on any atom is -0.497 e. The fraction of sp³-hybridized carbons (Fsp3) is 0.0714. The van der Waals surface area contributed by atoms with Crippen LogP contribution >= 0.6 is 0 Å². The van der Waals surface area contributed by atoms with Crippen molar-refractivity contribution < 1.29 is 9.66 Å². The highest BCUT2D eigenvalue weighted by atomic mass is 16.6. The number of rotatable bonds is 4. The van der Waals surface area contributed by atoms with E-state index in [0.717, 1.165) is 11.3 Å². The summed E-state index contributed by atoms with van der Waals surface area (Å²) in [7, 11) is 1.60. The fourth-order valence-corrected chi connectivity index (χ4v) is 1.53. The van der Waals surface area contributed by atoms with Crippen LogP contribution in [-0.2, 0) is 0 Å². The number of nitro groups is 1. The maximum Gasteiger partial charge on any atom is 0.271 e. The summed E-state index contributed by atoms with van der Waals surface area (Å²) in [5.41, 5.74) is 1.47. The summed E-state index contributed by atoms with van der Waals surface area (Å²) in [6.07, 6.45) is 1.65. The van der Waals surface area contributed by atoms with Crippen LogP contribution in [0.4, 0.5) is 11.4 Å². The first-order chi connectivity index (χ1) is 9.19. The van der Waals surface area contributed by atoms with Crippen LogP contribution < -0.4 is 4.74 Å². The Bertz CT molecular complexity index is 606. The van der Waals surface area contributed by atoms with Crippen LogP contribution in [-0.4, -0.2) is 18.2 Å². The van der Waals surface area contributed by atoms with Crippen LogP contribution in [0.25, 0.3) is 0 Å². The molecule has 0 N–H and O–H groups in total. The van der Waals surface area contributed by atoms with E-state index >= 15 is 0 Å². The van der Waals surface area contributed by atoms with Gasteiger partial charge in [0.1, 0.15) is 5.75 Å². The molecule has 0 heterocycles. The second-order valence-electron chi connectivity index (χ2n) is 3.81. The molecule has 0 bridgehead atoms. The lowest BCUT2D eigenvalue weighted by Gasteiger charge is -1.99. The molecule has 0 atom stereocenters. The first kappa shape index (κ1) is 12.8. The van der Waals surface area contributed by atoms with Gasteiger partial charge < -0.3 is 4.74 Å². The first-order valence-electron chi connectivity index (χ1n) is 5.61. The number of ether oxygens (including phenoxy) is 1. The van der Waals surface area contributed by atoms with Crippen LogP contribution in [0.15, 0.2) is 53.5 Å². The lowest BCUT2D eigenvalue weighted by atomic mass is 10.2. The van der Waals surface area contributed by atoms with Crippen LogP contribution in [0.5, 0.6) is 5.75 Å². The highest BCUT2D eigenvalue weighted by Crippen LogP contribution is 2.19. The predicted octanol–water partition coefficient (Wildman–Crippen LogP) is 3.35. The van der Waals surface area contributed by atoms with Crippen molar-refractivity contribution in [1.29, 1.82) is 0 Å². The summed E-state index contributed by atoms with van der Waals surface area (Å²) in [5, 5.41) is 10.6. The highest BCUT2D eigenvalue weighted by molar-refractivity contribution is 5.82. The monoisotopic (exact) mass is 256 g/mol. The van der Waals surface area contributed by atoms with Gasteiger partial charge >= 0.3 is 0 Å². The molecule has 96 valence electrons. The zero-order chi connectivity index (χ0) is 13.7. The van der Waals surface area contributed by atoms with Gasteiger partial charge in [0.15, 0.2) is 0 Å². The van der Waals surface area contributed by atoms with Crippen molar-refractivity contribution in [3.63, 3.8) is 0 Å². The van der Waals surface area contributed by atoms with Crippen LogP contribution in [0.3, 0.4) is 0 Å². The molecule has 0 unspecified atom stereocenters. The normalized spacial score (nSPS) is 10.6. The molecule has 0 radical (unpaired) electrons. The van der Waals surface area contributed by atoms with Crippen molar-refractivity contribution in [3.05, 3.63) is 64.2 Å². The van der Waals surface area contributed by atoms with Crippen molar-refractivity contribution in [1.82, 2.24) is 0 Å². The quantitative estimate of drug-likeness (QED) is 0.478. The second kappa shape index (κ2) is 5.77. The van der Waals surface area contributed by atoms with Gasteiger partial charge in [0.05, 0.1) is 17.7 Å². The van der Waals surface area contributed by atoms with Gasteiger partial charge in [0, 0.05) is 18.3 Å². The molecule has 2 aromatic carbocycles. The molecule has 2 aromatic rings. The standard InChI is InChI=1S/C14H12N2O3/c1-19-14-7-5-11(6-8-14)10-15-12-3-2-4-13(9-12)16(17)18/h2-10H,1H3. The molecular weight excluding hydrogens is 244 g/mol. The van der Waals surface area contributed by atoms with E-state index in [-0.39, 0.29) is 5.69 Å². The average molecular weight is 256 g/mol. The summed E-state index contributed by atoms with van der Waals surface area (Å²) in [6, 6.07) is 13.6. The van der Waals surface area contributed by atoms with E-state index in [2.05, 4.69) is 4.99 Å². The summed E-state index contributed by atoms with van der Waals surface area (Å²) in [5.74, 6) is 0.771. The molecule has 5 heteroatoms. The van der Waals surface area contributed by atoms with E-state index < -0.39 is 4.92 Å². The minimum atomic E-state index is -0.438. The predicted molar refractivity (Wildman–Crippen MR) is 73.3 cm³/mol. The summed E-state index contributed by atoms with van der Waals surface area (Å²) in [4.78, 5) is 14.4. The lowest BCUT2D eigenvalue weighted by Crippen LogP contribution is -1.86. The molecule has 0 spiro atoms. The number of hydrogen-bond donors (Lipinski definition) is 0. The zero-order valence-electron chi connectivity index (χ0n) is 10.3. The van der Waals surface area contributed by atoms with E-state index in [1.165, 1.54) is 12.1 Å². The number of methoxy groups -OCH3 is 1. The third-order valence-corrected chi connectivity index (χ3v) is 2.52. The number of non-ortho nitro benzene ring substituents is 1. The van der Waals surface area contributed by atoms with Crippen LogP contribution in [0.1, 0.15) is 5.56 Å². The van der Waals surface area contributed by atoms with Crippen LogP contribution in [0.2, 0.25) is 0 Å². The number of aliphatic imine (C=N–C) groups is 1. The van der Waals surface area contributed by atoms with Crippen molar-refractivity contribution in [3.8, 4) is 5.75 Å². The Morgan fingerprint density at radius 3 is 2.58 bits per heavy atom. The lowest BCUT2D eigenvalue weighted by molar-refractivity contribution is -0.384. The smallest absolute Gasteiger partial charge is 0.271 e. The van der Waals surface area contributed by atoms with Crippen LogP contribution in [0, 0.1) is 10.1 Å². The molecular formula is C14H12N2O3. The third kappa shape index (κ3) is 3.38. The Kier molecular flexibility index (Phi) is 3.87. The Hall–Kier alpha value is -2.69. The Morgan fingerprint density at radius 2 is 1.95 bits per heavy atom. The average Bonchev–Trinajstić information content (AvgIpc) is 2.46. The highest BCUT2D eigenvalue weighted by Gasteiger charge is 2.04. The number of nitro benzene ring substituents is 1. The Labute approximate surface area is 110 Å². The third-order valence-electron chi connectivity index (χ3n) is 2.52. The minimum absolute atomic E-state index is 0.0318. The second-order valence-corrected chi connectivity index (χ2v) is 3.81.